The van der Waals surface area contributed by atoms with E-state index in [2.05, 4.69) is 14.8 Å². The van der Waals surface area contributed by atoms with Crippen LogP contribution in [0, 0.1) is 5.92 Å². The number of hydrogen-bond donors (Lipinski definition) is 1. The zero-order valence-corrected chi connectivity index (χ0v) is 20.2. The average molecular weight is 483 g/mol. The molecular formula is C21H27ClN4O3S2. The second kappa shape index (κ2) is 10.6. The molecule has 0 fully saturated rings. The Morgan fingerprint density at radius 1 is 1.13 bits per heavy atom. The molecule has 3 rings (SSSR count). The lowest BCUT2D eigenvalue weighted by Gasteiger charge is -2.25. The van der Waals surface area contributed by atoms with E-state index in [9.17, 15) is 8.42 Å². The Bertz CT molecular complexity index is 1080. The van der Waals surface area contributed by atoms with Gasteiger partial charge in [-0.25, -0.2) is 18.1 Å². The Labute approximate surface area is 192 Å². The van der Waals surface area contributed by atoms with Crippen molar-refractivity contribution in [2.45, 2.75) is 50.4 Å². The van der Waals surface area contributed by atoms with E-state index in [1.54, 1.807) is 10.7 Å². The zero-order valence-electron chi connectivity index (χ0n) is 17.8. The normalized spacial score (nSPS) is 12.9. The molecule has 0 saturated carbocycles. The van der Waals surface area contributed by atoms with Crippen molar-refractivity contribution in [2.24, 2.45) is 5.92 Å². The lowest BCUT2D eigenvalue weighted by molar-refractivity contribution is 0.340. The van der Waals surface area contributed by atoms with E-state index in [1.807, 2.05) is 45.0 Å². The van der Waals surface area contributed by atoms with Gasteiger partial charge in [-0.05, 0) is 42.7 Å². The van der Waals surface area contributed by atoms with Crippen molar-refractivity contribution in [1.29, 1.82) is 0 Å². The SMILES string of the molecule is CCOc1ccc(Cn2ncnc2C(NS(=O)(=O)c2ccc(Cl)s2)C(CC)CC)cc1. The number of rotatable bonds is 11. The molecule has 0 saturated heterocycles. The quantitative estimate of drug-likeness (QED) is 0.420. The van der Waals surface area contributed by atoms with E-state index in [4.69, 9.17) is 16.3 Å². The van der Waals surface area contributed by atoms with E-state index < -0.39 is 16.1 Å². The van der Waals surface area contributed by atoms with E-state index in [0.717, 1.165) is 35.5 Å². The fourth-order valence-electron chi connectivity index (χ4n) is 3.45. The average Bonchev–Trinajstić information content (AvgIpc) is 3.39. The van der Waals surface area contributed by atoms with E-state index >= 15 is 0 Å². The van der Waals surface area contributed by atoms with Crippen LogP contribution in [0.2, 0.25) is 4.34 Å². The third-order valence-corrected chi connectivity index (χ3v) is 8.27. The van der Waals surface area contributed by atoms with Gasteiger partial charge in [0.05, 0.1) is 23.5 Å². The molecule has 0 aliphatic carbocycles. The van der Waals surface area contributed by atoms with Gasteiger partial charge in [0, 0.05) is 0 Å². The Morgan fingerprint density at radius 3 is 2.42 bits per heavy atom. The monoisotopic (exact) mass is 482 g/mol. The van der Waals surface area contributed by atoms with Crippen LogP contribution in [0.5, 0.6) is 5.75 Å². The second-order valence-corrected chi connectivity index (χ2v) is 10.7. The van der Waals surface area contributed by atoms with Gasteiger partial charge in [-0.3, -0.25) is 0 Å². The lowest BCUT2D eigenvalue weighted by atomic mass is 9.94. The molecule has 31 heavy (non-hydrogen) atoms. The van der Waals surface area contributed by atoms with Crippen LogP contribution in [0.1, 0.15) is 51.0 Å². The summed E-state index contributed by atoms with van der Waals surface area (Å²) >= 11 is 6.99. The van der Waals surface area contributed by atoms with Crippen LogP contribution >= 0.6 is 22.9 Å². The predicted octanol–water partition coefficient (Wildman–Crippen LogP) is 4.90. The zero-order chi connectivity index (χ0) is 22.4. The molecule has 1 unspecified atom stereocenters. The first-order valence-corrected chi connectivity index (χ1v) is 12.9. The Balaban J connectivity index is 1.89. The number of benzene rings is 1. The molecule has 2 heterocycles. The molecule has 0 spiro atoms. The molecule has 0 aliphatic rings. The molecule has 3 aromatic rings. The molecule has 10 heteroatoms. The fourth-order valence-corrected chi connectivity index (χ4v) is 6.22. The van der Waals surface area contributed by atoms with Crippen LogP contribution in [0.15, 0.2) is 46.9 Å². The minimum Gasteiger partial charge on any atom is -0.494 e. The highest BCUT2D eigenvalue weighted by molar-refractivity contribution is 7.91. The van der Waals surface area contributed by atoms with E-state index in [0.29, 0.717) is 23.3 Å². The van der Waals surface area contributed by atoms with Crippen molar-refractivity contribution in [1.82, 2.24) is 19.5 Å². The van der Waals surface area contributed by atoms with Crippen LogP contribution in [0.4, 0.5) is 0 Å². The number of sulfonamides is 1. The maximum Gasteiger partial charge on any atom is 0.250 e. The third-order valence-electron chi connectivity index (χ3n) is 5.11. The number of halogens is 1. The molecule has 168 valence electrons. The number of aromatic nitrogens is 3. The van der Waals surface area contributed by atoms with Crippen LogP contribution in [0.25, 0.3) is 0 Å². The third kappa shape index (κ3) is 5.85. The first-order valence-electron chi connectivity index (χ1n) is 10.2. The van der Waals surface area contributed by atoms with Gasteiger partial charge < -0.3 is 4.74 Å². The topological polar surface area (TPSA) is 86.1 Å². The highest BCUT2D eigenvalue weighted by atomic mass is 35.5. The molecule has 0 radical (unpaired) electrons. The number of nitrogens with one attached hydrogen (secondary N) is 1. The molecule has 1 N–H and O–H groups in total. The Hall–Kier alpha value is -1.94. The predicted molar refractivity (Wildman–Crippen MR) is 123 cm³/mol. The highest BCUT2D eigenvalue weighted by Gasteiger charge is 2.31. The Morgan fingerprint density at radius 2 is 1.84 bits per heavy atom. The van der Waals surface area contributed by atoms with Crippen LogP contribution in [-0.4, -0.2) is 29.8 Å². The van der Waals surface area contributed by atoms with E-state index in [1.165, 1.54) is 12.4 Å². The molecule has 0 amide bonds. The molecule has 0 aliphatic heterocycles. The summed E-state index contributed by atoms with van der Waals surface area (Å²) in [5, 5.41) is 4.37. The lowest BCUT2D eigenvalue weighted by Crippen LogP contribution is -2.35. The van der Waals surface area contributed by atoms with Gasteiger partial charge >= 0.3 is 0 Å². The molecule has 7 nitrogen and oxygen atoms in total. The van der Waals surface area contributed by atoms with Crippen molar-refractivity contribution < 1.29 is 13.2 Å². The summed E-state index contributed by atoms with van der Waals surface area (Å²) < 4.78 is 36.8. The first-order chi connectivity index (χ1) is 14.9. The summed E-state index contributed by atoms with van der Waals surface area (Å²) in [4.78, 5) is 4.44. The maximum atomic E-state index is 13.0. The van der Waals surface area contributed by atoms with Gasteiger partial charge in [-0.15, -0.1) is 11.3 Å². The van der Waals surface area contributed by atoms with Crippen LogP contribution < -0.4 is 9.46 Å². The standard InChI is InChI=1S/C21H27ClN4O3S2/c1-4-16(5-2)20(25-31(27,28)19-12-11-18(22)30-19)21-23-14-24-26(21)13-15-7-9-17(10-8-15)29-6-3/h7-12,14,16,20,25H,4-6,13H2,1-3H3. The van der Waals surface area contributed by atoms with Gasteiger partial charge in [0.15, 0.2) is 0 Å². The number of ether oxygens (including phenoxy) is 1. The fraction of sp³-hybridized carbons (Fsp3) is 0.429. The maximum absolute atomic E-state index is 13.0. The second-order valence-electron chi connectivity index (χ2n) is 7.09. The van der Waals surface area contributed by atoms with Gasteiger partial charge in [-0.2, -0.15) is 9.82 Å². The largest absolute Gasteiger partial charge is 0.494 e. The summed E-state index contributed by atoms with van der Waals surface area (Å²) in [5.41, 5.74) is 1.02. The van der Waals surface area contributed by atoms with Crippen molar-refractivity contribution in [3.05, 3.63) is 58.4 Å². The summed E-state index contributed by atoms with van der Waals surface area (Å²) in [5.74, 6) is 1.46. The summed E-state index contributed by atoms with van der Waals surface area (Å²) in [6.07, 6.45) is 3.06. The summed E-state index contributed by atoms with van der Waals surface area (Å²) in [6.45, 7) is 7.12. The Kier molecular flexibility index (Phi) is 8.10. The van der Waals surface area contributed by atoms with E-state index in [-0.39, 0.29) is 10.1 Å². The van der Waals surface area contributed by atoms with Crippen molar-refractivity contribution in [2.75, 3.05) is 6.61 Å². The molecule has 1 aromatic carbocycles. The van der Waals surface area contributed by atoms with Gasteiger partial charge in [-0.1, -0.05) is 50.4 Å². The summed E-state index contributed by atoms with van der Waals surface area (Å²) in [7, 11) is -3.75. The minimum atomic E-state index is -3.75. The molecule has 2 aromatic heterocycles. The first kappa shape index (κ1) is 23.7. The highest BCUT2D eigenvalue weighted by Crippen LogP contribution is 2.31. The molecule has 1 atom stereocenters. The summed E-state index contributed by atoms with van der Waals surface area (Å²) in [6, 6.07) is 10.4. The van der Waals surface area contributed by atoms with Crippen LogP contribution in [-0.2, 0) is 16.6 Å². The van der Waals surface area contributed by atoms with Crippen molar-refractivity contribution in [3.63, 3.8) is 0 Å². The van der Waals surface area contributed by atoms with Gasteiger partial charge in [0.2, 0.25) is 0 Å². The number of thiophene rings is 1. The van der Waals surface area contributed by atoms with Crippen molar-refractivity contribution in [3.8, 4) is 5.75 Å². The van der Waals surface area contributed by atoms with Gasteiger partial charge in [0.25, 0.3) is 10.0 Å². The molecule has 0 bridgehead atoms. The number of hydrogen-bond acceptors (Lipinski definition) is 6. The van der Waals surface area contributed by atoms with Crippen LogP contribution in [0.3, 0.4) is 0 Å². The minimum absolute atomic E-state index is 0.0634. The van der Waals surface area contributed by atoms with Gasteiger partial charge in [0.1, 0.15) is 22.1 Å². The number of nitrogens with zero attached hydrogens (tertiary/aromatic N) is 3. The molecular weight excluding hydrogens is 456 g/mol. The van der Waals surface area contributed by atoms with Crippen molar-refractivity contribution >= 4 is 33.0 Å². The smallest absolute Gasteiger partial charge is 0.250 e.